The number of hydrogen-bond acceptors (Lipinski definition) is 2. The van der Waals surface area contributed by atoms with Crippen molar-refractivity contribution in [2.24, 2.45) is 0 Å². The Kier molecular flexibility index (Phi) is 4.97. The largest absolute Gasteiger partial charge is 0.385 e. The van der Waals surface area contributed by atoms with Gasteiger partial charge in [0.25, 0.3) is 0 Å². The van der Waals surface area contributed by atoms with Crippen LogP contribution in [-0.4, -0.2) is 31.4 Å². The van der Waals surface area contributed by atoms with Crippen molar-refractivity contribution in [1.29, 1.82) is 0 Å². The fourth-order valence-electron chi connectivity index (χ4n) is 3.80. The first-order chi connectivity index (χ1) is 11.1. The molecule has 3 nitrogen and oxygen atoms in total. The maximum Gasteiger partial charge on any atom is 0.168 e. The van der Waals surface area contributed by atoms with Crippen LogP contribution in [0.3, 0.4) is 0 Å². The SMILES string of the molecule is COCCCn1c(C2CCCNC2)c(C)c2c(F)c(F)ccc21. The van der Waals surface area contributed by atoms with Crippen molar-refractivity contribution in [3.05, 3.63) is 35.0 Å². The summed E-state index contributed by atoms with van der Waals surface area (Å²) in [5.41, 5.74) is 2.81. The molecule has 2 aromatic rings. The summed E-state index contributed by atoms with van der Waals surface area (Å²) in [6.07, 6.45) is 3.05. The van der Waals surface area contributed by atoms with E-state index < -0.39 is 11.6 Å². The van der Waals surface area contributed by atoms with Crippen LogP contribution in [0.1, 0.15) is 36.4 Å². The molecule has 1 unspecified atom stereocenters. The Hall–Kier alpha value is -1.46. The number of benzene rings is 1. The van der Waals surface area contributed by atoms with Crippen LogP contribution >= 0.6 is 0 Å². The Morgan fingerprint density at radius 3 is 2.87 bits per heavy atom. The van der Waals surface area contributed by atoms with Crippen LogP contribution in [0.4, 0.5) is 8.78 Å². The second-order valence-electron chi connectivity index (χ2n) is 6.31. The van der Waals surface area contributed by atoms with Gasteiger partial charge in [-0.2, -0.15) is 0 Å². The monoisotopic (exact) mass is 322 g/mol. The van der Waals surface area contributed by atoms with Crippen LogP contribution in [0.25, 0.3) is 10.9 Å². The third-order valence-corrected chi connectivity index (χ3v) is 4.83. The topological polar surface area (TPSA) is 26.2 Å². The standard InChI is InChI=1S/C18H24F2N2O/c1-12-16-15(7-6-14(19)17(16)20)22(9-4-10-23-2)18(12)13-5-3-8-21-11-13/h6-7,13,21H,3-5,8-11H2,1-2H3. The molecule has 0 bridgehead atoms. The van der Waals surface area contributed by atoms with E-state index in [0.717, 1.165) is 55.7 Å². The lowest BCUT2D eigenvalue weighted by atomic mass is 9.93. The van der Waals surface area contributed by atoms with Crippen molar-refractivity contribution in [3.63, 3.8) is 0 Å². The summed E-state index contributed by atoms with van der Waals surface area (Å²) in [7, 11) is 1.68. The minimum atomic E-state index is -0.775. The summed E-state index contributed by atoms with van der Waals surface area (Å²) in [5, 5.41) is 3.85. The number of aromatic nitrogens is 1. The summed E-state index contributed by atoms with van der Waals surface area (Å²) >= 11 is 0. The van der Waals surface area contributed by atoms with Crippen LogP contribution in [0.2, 0.25) is 0 Å². The maximum atomic E-state index is 14.4. The molecular weight excluding hydrogens is 298 g/mol. The molecule has 1 fully saturated rings. The van der Waals surface area contributed by atoms with Crippen molar-refractivity contribution >= 4 is 10.9 Å². The van der Waals surface area contributed by atoms with Gasteiger partial charge in [-0.15, -0.1) is 0 Å². The molecule has 1 aromatic carbocycles. The lowest BCUT2D eigenvalue weighted by molar-refractivity contribution is 0.190. The number of rotatable bonds is 5. The Morgan fingerprint density at radius 1 is 1.35 bits per heavy atom. The van der Waals surface area contributed by atoms with Gasteiger partial charge in [0.2, 0.25) is 0 Å². The van der Waals surface area contributed by atoms with E-state index in [-0.39, 0.29) is 0 Å². The molecule has 1 aliphatic rings. The molecule has 126 valence electrons. The number of methoxy groups -OCH3 is 1. The lowest BCUT2D eigenvalue weighted by Crippen LogP contribution is -2.30. The number of fused-ring (bicyclic) bond motifs is 1. The molecule has 23 heavy (non-hydrogen) atoms. The van der Waals surface area contributed by atoms with Crippen molar-refractivity contribution in [2.45, 2.75) is 38.6 Å². The van der Waals surface area contributed by atoms with Gasteiger partial charge in [0.15, 0.2) is 11.6 Å². The van der Waals surface area contributed by atoms with Crippen LogP contribution < -0.4 is 5.32 Å². The summed E-state index contributed by atoms with van der Waals surface area (Å²) < 4.78 is 35.4. The highest BCUT2D eigenvalue weighted by Crippen LogP contribution is 2.36. The van der Waals surface area contributed by atoms with Gasteiger partial charge >= 0.3 is 0 Å². The molecular formula is C18H24F2N2O. The third kappa shape index (κ3) is 3.00. The lowest BCUT2D eigenvalue weighted by Gasteiger charge is -2.25. The van der Waals surface area contributed by atoms with Gasteiger partial charge in [-0.1, -0.05) is 0 Å². The van der Waals surface area contributed by atoms with E-state index in [9.17, 15) is 8.78 Å². The Bertz CT molecular complexity index is 690. The van der Waals surface area contributed by atoms with E-state index in [1.807, 2.05) is 6.92 Å². The third-order valence-electron chi connectivity index (χ3n) is 4.83. The number of aryl methyl sites for hydroxylation is 2. The number of ether oxygens (including phenoxy) is 1. The van der Waals surface area contributed by atoms with E-state index in [1.165, 1.54) is 6.07 Å². The zero-order chi connectivity index (χ0) is 16.4. The Morgan fingerprint density at radius 2 is 2.17 bits per heavy atom. The highest BCUT2D eigenvalue weighted by molar-refractivity contribution is 5.86. The maximum absolute atomic E-state index is 14.4. The average Bonchev–Trinajstić information content (AvgIpc) is 2.85. The molecule has 1 aromatic heterocycles. The minimum absolute atomic E-state index is 0.348. The Balaban J connectivity index is 2.12. The van der Waals surface area contributed by atoms with Crippen LogP contribution in [0.5, 0.6) is 0 Å². The molecule has 1 N–H and O–H groups in total. The first-order valence-electron chi connectivity index (χ1n) is 8.31. The molecule has 0 spiro atoms. The summed E-state index contributed by atoms with van der Waals surface area (Å²) in [6.45, 7) is 5.26. The van der Waals surface area contributed by atoms with E-state index >= 15 is 0 Å². The number of halogens is 2. The van der Waals surface area contributed by atoms with Gasteiger partial charge in [0.1, 0.15) is 0 Å². The minimum Gasteiger partial charge on any atom is -0.385 e. The number of nitrogens with one attached hydrogen (secondary N) is 1. The van der Waals surface area contributed by atoms with Gasteiger partial charge in [-0.05, 0) is 50.4 Å². The van der Waals surface area contributed by atoms with Crippen molar-refractivity contribution in [2.75, 3.05) is 26.8 Å². The van der Waals surface area contributed by atoms with Gasteiger partial charge in [0, 0.05) is 43.8 Å². The van der Waals surface area contributed by atoms with Crippen LogP contribution in [0, 0.1) is 18.6 Å². The van der Waals surface area contributed by atoms with Crippen molar-refractivity contribution in [1.82, 2.24) is 9.88 Å². The fourth-order valence-corrected chi connectivity index (χ4v) is 3.80. The molecule has 2 heterocycles. The molecule has 1 saturated heterocycles. The Labute approximate surface area is 135 Å². The highest BCUT2D eigenvalue weighted by Gasteiger charge is 2.26. The van der Waals surface area contributed by atoms with E-state index in [2.05, 4.69) is 9.88 Å². The van der Waals surface area contributed by atoms with Crippen molar-refractivity contribution in [3.8, 4) is 0 Å². The van der Waals surface area contributed by atoms with Gasteiger partial charge in [0.05, 0.1) is 5.52 Å². The molecule has 1 atom stereocenters. The fraction of sp³-hybridized carbons (Fsp3) is 0.556. The van der Waals surface area contributed by atoms with Gasteiger partial charge < -0.3 is 14.6 Å². The van der Waals surface area contributed by atoms with E-state index in [4.69, 9.17) is 4.74 Å². The average molecular weight is 322 g/mol. The first kappa shape index (κ1) is 16.4. The van der Waals surface area contributed by atoms with E-state index in [1.54, 1.807) is 13.2 Å². The molecule has 0 aliphatic carbocycles. The number of nitrogens with zero attached hydrogens (tertiary/aromatic N) is 1. The first-order valence-corrected chi connectivity index (χ1v) is 8.31. The highest BCUT2D eigenvalue weighted by atomic mass is 19.2. The molecule has 0 amide bonds. The zero-order valence-electron chi connectivity index (χ0n) is 13.8. The summed E-state index contributed by atoms with van der Waals surface area (Å²) in [5.74, 6) is -1.15. The second-order valence-corrected chi connectivity index (χ2v) is 6.31. The predicted octanol–water partition coefficient (Wildman–Crippen LogP) is 3.73. The number of hydrogen-bond donors (Lipinski definition) is 1. The molecule has 1 aliphatic heterocycles. The normalized spacial score (nSPS) is 18.7. The molecule has 5 heteroatoms. The van der Waals surface area contributed by atoms with Crippen molar-refractivity contribution < 1.29 is 13.5 Å². The summed E-state index contributed by atoms with van der Waals surface area (Å²) in [4.78, 5) is 0. The number of piperidine rings is 1. The van der Waals surface area contributed by atoms with Crippen LogP contribution in [-0.2, 0) is 11.3 Å². The molecule has 3 rings (SSSR count). The smallest absolute Gasteiger partial charge is 0.168 e. The zero-order valence-corrected chi connectivity index (χ0v) is 13.8. The summed E-state index contributed by atoms with van der Waals surface area (Å²) in [6, 6.07) is 2.93. The molecule has 0 saturated carbocycles. The van der Waals surface area contributed by atoms with Gasteiger partial charge in [-0.3, -0.25) is 0 Å². The molecule has 0 radical (unpaired) electrons. The predicted molar refractivity (Wildman–Crippen MR) is 87.9 cm³/mol. The second kappa shape index (κ2) is 6.97. The van der Waals surface area contributed by atoms with Gasteiger partial charge in [-0.25, -0.2) is 8.78 Å². The van der Waals surface area contributed by atoms with Crippen LogP contribution in [0.15, 0.2) is 12.1 Å². The van der Waals surface area contributed by atoms with E-state index in [0.29, 0.717) is 17.9 Å². The quantitative estimate of drug-likeness (QED) is 0.849.